The summed E-state index contributed by atoms with van der Waals surface area (Å²) in [6, 6.07) is 0.554. The van der Waals surface area contributed by atoms with Crippen LogP contribution in [0.1, 0.15) is 65.2 Å². The Hall–Kier alpha value is -0.0800. The highest BCUT2D eigenvalue weighted by Crippen LogP contribution is 2.44. The lowest BCUT2D eigenvalue weighted by Crippen LogP contribution is -2.44. The van der Waals surface area contributed by atoms with E-state index in [4.69, 9.17) is 5.84 Å². The predicted octanol–water partition coefficient (Wildman–Crippen LogP) is 3.47. The van der Waals surface area contributed by atoms with Gasteiger partial charge in [-0.25, -0.2) is 0 Å². The van der Waals surface area contributed by atoms with Crippen LogP contribution in [-0.4, -0.2) is 6.04 Å². The summed E-state index contributed by atoms with van der Waals surface area (Å²) >= 11 is 0. The van der Waals surface area contributed by atoms with Crippen LogP contribution in [-0.2, 0) is 0 Å². The van der Waals surface area contributed by atoms with E-state index in [1.54, 1.807) is 0 Å². The van der Waals surface area contributed by atoms with Gasteiger partial charge in [0.1, 0.15) is 0 Å². The predicted molar refractivity (Wildman–Crippen MR) is 73.4 cm³/mol. The van der Waals surface area contributed by atoms with Crippen molar-refractivity contribution in [3.8, 4) is 0 Å². The monoisotopic (exact) mass is 238 g/mol. The average Bonchev–Trinajstić information content (AvgIpc) is 2.35. The van der Waals surface area contributed by atoms with Crippen LogP contribution < -0.4 is 11.3 Å². The Kier molecular flexibility index (Phi) is 4.87. The molecule has 4 unspecified atom stereocenters. The van der Waals surface area contributed by atoms with E-state index in [2.05, 4.69) is 19.3 Å². The molecule has 4 atom stereocenters. The van der Waals surface area contributed by atoms with Crippen LogP contribution in [0, 0.1) is 23.7 Å². The second-order valence-corrected chi connectivity index (χ2v) is 6.78. The van der Waals surface area contributed by atoms with Gasteiger partial charge >= 0.3 is 0 Å². The summed E-state index contributed by atoms with van der Waals surface area (Å²) in [4.78, 5) is 0. The van der Waals surface area contributed by atoms with E-state index < -0.39 is 0 Å². The zero-order chi connectivity index (χ0) is 12.3. The Bertz CT molecular complexity index is 227. The highest BCUT2D eigenvalue weighted by molar-refractivity contribution is 4.87. The molecule has 2 saturated carbocycles. The standard InChI is InChI=1S/C15H30N2/c1-11(2)9-15(17-16)14-8-7-12-5-3-4-6-13(12)10-14/h11-15,17H,3-10,16H2,1-2H3. The summed E-state index contributed by atoms with van der Waals surface area (Å²) in [6.45, 7) is 4.60. The van der Waals surface area contributed by atoms with Crippen LogP contribution in [0.25, 0.3) is 0 Å². The lowest BCUT2D eigenvalue weighted by Gasteiger charge is -2.42. The van der Waals surface area contributed by atoms with E-state index >= 15 is 0 Å². The molecule has 0 aromatic heterocycles. The molecule has 2 aliphatic rings. The fourth-order valence-electron chi connectivity index (χ4n) is 4.18. The van der Waals surface area contributed by atoms with E-state index in [1.807, 2.05) is 0 Å². The molecular formula is C15H30N2. The summed E-state index contributed by atoms with van der Waals surface area (Å²) in [7, 11) is 0. The van der Waals surface area contributed by atoms with Crippen LogP contribution >= 0.6 is 0 Å². The maximum absolute atomic E-state index is 5.77. The van der Waals surface area contributed by atoms with Crippen LogP contribution in [0.5, 0.6) is 0 Å². The fourth-order valence-corrected chi connectivity index (χ4v) is 4.18. The van der Waals surface area contributed by atoms with Crippen LogP contribution in [0.3, 0.4) is 0 Å². The summed E-state index contributed by atoms with van der Waals surface area (Å²) in [5.74, 6) is 9.43. The molecule has 2 nitrogen and oxygen atoms in total. The Labute approximate surface area is 107 Å². The second-order valence-electron chi connectivity index (χ2n) is 6.78. The first-order chi connectivity index (χ1) is 8.20. The lowest BCUT2D eigenvalue weighted by atomic mass is 9.65. The number of rotatable bonds is 4. The van der Waals surface area contributed by atoms with Gasteiger partial charge in [-0.1, -0.05) is 39.5 Å². The minimum Gasteiger partial charge on any atom is -0.271 e. The summed E-state index contributed by atoms with van der Waals surface area (Å²) < 4.78 is 0. The van der Waals surface area contributed by atoms with E-state index in [0.29, 0.717) is 6.04 Å². The zero-order valence-corrected chi connectivity index (χ0v) is 11.6. The molecule has 0 aromatic rings. The fraction of sp³-hybridized carbons (Fsp3) is 1.00. The molecule has 0 radical (unpaired) electrons. The molecule has 0 aliphatic heterocycles. The van der Waals surface area contributed by atoms with Gasteiger partial charge < -0.3 is 0 Å². The van der Waals surface area contributed by atoms with Crippen molar-refractivity contribution in [3.05, 3.63) is 0 Å². The van der Waals surface area contributed by atoms with Crippen molar-refractivity contribution in [1.29, 1.82) is 0 Å². The van der Waals surface area contributed by atoms with Gasteiger partial charge in [0.2, 0.25) is 0 Å². The molecule has 17 heavy (non-hydrogen) atoms. The van der Waals surface area contributed by atoms with E-state index in [-0.39, 0.29) is 0 Å². The molecule has 0 amide bonds. The van der Waals surface area contributed by atoms with Gasteiger partial charge in [-0.05, 0) is 49.4 Å². The molecule has 2 rings (SSSR count). The van der Waals surface area contributed by atoms with Crippen LogP contribution in [0.2, 0.25) is 0 Å². The van der Waals surface area contributed by atoms with Gasteiger partial charge in [-0.3, -0.25) is 11.3 Å². The number of hydrogen-bond donors (Lipinski definition) is 2. The Morgan fingerprint density at radius 3 is 2.41 bits per heavy atom. The number of hydrazine groups is 1. The molecule has 0 bridgehead atoms. The lowest BCUT2D eigenvalue weighted by molar-refractivity contribution is 0.104. The van der Waals surface area contributed by atoms with Crippen LogP contribution in [0.4, 0.5) is 0 Å². The largest absolute Gasteiger partial charge is 0.271 e. The highest BCUT2D eigenvalue weighted by atomic mass is 15.2. The van der Waals surface area contributed by atoms with Gasteiger partial charge in [-0.2, -0.15) is 0 Å². The molecule has 3 N–H and O–H groups in total. The van der Waals surface area contributed by atoms with Crippen molar-refractivity contribution >= 4 is 0 Å². The molecule has 100 valence electrons. The molecule has 0 saturated heterocycles. The molecule has 0 heterocycles. The van der Waals surface area contributed by atoms with E-state index in [9.17, 15) is 0 Å². The smallest absolute Gasteiger partial charge is 0.0241 e. The van der Waals surface area contributed by atoms with Crippen molar-refractivity contribution in [2.45, 2.75) is 71.3 Å². The van der Waals surface area contributed by atoms with E-state index in [1.165, 1.54) is 51.4 Å². The molecule has 2 aliphatic carbocycles. The van der Waals surface area contributed by atoms with Crippen LogP contribution in [0.15, 0.2) is 0 Å². The Morgan fingerprint density at radius 1 is 1.06 bits per heavy atom. The van der Waals surface area contributed by atoms with Crippen molar-refractivity contribution < 1.29 is 0 Å². The number of nitrogens with two attached hydrogens (primary N) is 1. The normalized spacial score (nSPS) is 35.6. The van der Waals surface area contributed by atoms with Gasteiger partial charge in [0, 0.05) is 6.04 Å². The Morgan fingerprint density at radius 2 is 1.76 bits per heavy atom. The highest BCUT2D eigenvalue weighted by Gasteiger charge is 2.35. The number of fused-ring (bicyclic) bond motifs is 1. The van der Waals surface area contributed by atoms with Gasteiger partial charge in [0.25, 0.3) is 0 Å². The van der Waals surface area contributed by atoms with Crippen molar-refractivity contribution in [3.63, 3.8) is 0 Å². The minimum atomic E-state index is 0.554. The molecular weight excluding hydrogens is 208 g/mol. The molecule has 0 spiro atoms. The number of nitrogens with one attached hydrogen (secondary N) is 1. The molecule has 2 fully saturated rings. The third-order valence-electron chi connectivity index (χ3n) is 5.09. The quantitative estimate of drug-likeness (QED) is 0.581. The van der Waals surface area contributed by atoms with Crippen molar-refractivity contribution in [2.75, 3.05) is 0 Å². The number of hydrogen-bond acceptors (Lipinski definition) is 2. The van der Waals surface area contributed by atoms with Crippen molar-refractivity contribution in [2.24, 2.45) is 29.5 Å². The average molecular weight is 238 g/mol. The third-order valence-corrected chi connectivity index (χ3v) is 5.09. The van der Waals surface area contributed by atoms with Crippen molar-refractivity contribution in [1.82, 2.24) is 5.43 Å². The third kappa shape index (κ3) is 3.45. The first kappa shape index (κ1) is 13.4. The first-order valence-electron chi connectivity index (χ1n) is 7.66. The van der Waals surface area contributed by atoms with Gasteiger partial charge in [0.15, 0.2) is 0 Å². The Balaban J connectivity index is 1.89. The zero-order valence-electron chi connectivity index (χ0n) is 11.6. The molecule has 0 aromatic carbocycles. The van der Waals surface area contributed by atoms with Gasteiger partial charge in [-0.15, -0.1) is 0 Å². The SMILES string of the molecule is CC(C)CC(NN)C1CCC2CCCCC2C1. The first-order valence-corrected chi connectivity index (χ1v) is 7.66. The summed E-state index contributed by atoms with van der Waals surface area (Å²) in [5, 5.41) is 0. The maximum atomic E-state index is 5.77. The molecule has 2 heteroatoms. The second kappa shape index (κ2) is 6.19. The maximum Gasteiger partial charge on any atom is 0.0241 e. The van der Waals surface area contributed by atoms with Gasteiger partial charge in [0.05, 0.1) is 0 Å². The summed E-state index contributed by atoms with van der Waals surface area (Å²) in [5.41, 5.74) is 3.10. The van der Waals surface area contributed by atoms with E-state index in [0.717, 1.165) is 23.7 Å². The summed E-state index contributed by atoms with van der Waals surface area (Å²) in [6.07, 6.45) is 11.5. The minimum absolute atomic E-state index is 0.554. The topological polar surface area (TPSA) is 38.0 Å².